The number of hydrogen-bond donors (Lipinski definition) is 1. The van der Waals surface area contributed by atoms with E-state index in [1.807, 2.05) is 36.4 Å². The van der Waals surface area contributed by atoms with Crippen molar-refractivity contribution in [3.8, 4) is 5.75 Å². The van der Waals surface area contributed by atoms with Gasteiger partial charge in [-0.05, 0) is 47.7 Å². The second-order valence-electron chi connectivity index (χ2n) is 4.71. The van der Waals surface area contributed by atoms with E-state index in [-0.39, 0.29) is 5.91 Å². The Hall–Kier alpha value is -2.24. The molecule has 0 radical (unpaired) electrons. The average molecular weight is 345 g/mol. The van der Waals surface area contributed by atoms with Crippen molar-refractivity contribution < 1.29 is 9.53 Å². The summed E-state index contributed by atoms with van der Waals surface area (Å²) in [5, 5.41) is 3.82. The molecule has 116 valence electrons. The van der Waals surface area contributed by atoms with Crippen molar-refractivity contribution >= 4 is 46.2 Å². The highest BCUT2D eigenvalue weighted by Gasteiger charge is 2.23. The lowest BCUT2D eigenvalue weighted by Gasteiger charge is -2.03. The summed E-state index contributed by atoms with van der Waals surface area (Å²) in [4.78, 5) is 17.0. The van der Waals surface area contributed by atoms with Crippen LogP contribution in [0.25, 0.3) is 6.08 Å². The molecule has 1 aliphatic rings. The van der Waals surface area contributed by atoms with Crippen molar-refractivity contribution in [2.24, 2.45) is 4.99 Å². The number of hydrogen-bond acceptors (Lipinski definition) is 4. The number of carbonyl (C=O) groups is 1. The SMILES string of the molecule is COc1ccc(C=C2SC(=Nc3ccccc3)NC2=O)cc1Cl. The molecule has 1 saturated heterocycles. The van der Waals surface area contributed by atoms with Crippen LogP contribution in [0.2, 0.25) is 5.02 Å². The largest absolute Gasteiger partial charge is 0.495 e. The number of carbonyl (C=O) groups excluding carboxylic acids is 1. The van der Waals surface area contributed by atoms with Crippen LogP contribution in [0.5, 0.6) is 5.75 Å². The second-order valence-corrected chi connectivity index (χ2v) is 6.15. The molecule has 1 heterocycles. The van der Waals surface area contributed by atoms with E-state index >= 15 is 0 Å². The molecular weight excluding hydrogens is 332 g/mol. The minimum absolute atomic E-state index is 0.170. The molecule has 0 saturated carbocycles. The van der Waals surface area contributed by atoms with Crippen LogP contribution in [0, 0.1) is 0 Å². The molecule has 0 aliphatic carbocycles. The number of ether oxygens (including phenoxy) is 1. The molecule has 4 nitrogen and oxygen atoms in total. The zero-order chi connectivity index (χ0) is 16.2. The number of aliphatic imine (C=N–C) groups is 1. The lowest BCUT2D eigenvalue weighted by atomic mass is 10.2. The average Bonchev–Trinajstić information content (AvgIpc) is 2.88. The molecule has 1 amide bonds. The lowest BCUT2D eigenvalue weighted by Crippen LogP contribution is -2.19. The maximum Gasteiger partial charge on any atom is 0.264 e. The topological polar surface area (TPSA) is 50.7 Å². The fourth-order valence-corrected chi connectivity index (χ4v) is 3.13. The Morgan fingerprint density at radius 1 is 1.22 bits per heavy atom. The van der Waals surface area contributed by atoms with Gasteiger partial charge in [-0.2, -0.15) is 0 Å². The van der Waals surface area contributed by atoms with Crippen LogP contribution in [0.3, 0.4) is 0 Å². The van der Waals surface area contributed by atoms with Gasteiger partial charge in [-0.25, -0.2) is 4.99 Å². The first-order valence-corrected chi connectivity index (χ1v) is 8.03. The normalized spacial score (nSPS) is 17.6. The zero-order valence-corrected chi connectivity index (χ0v) is 13.8. The van der Waals surface area contributed by atoms with E-state index in [1.165, 1.54) is 11.8 Å². The summed E-state index contributed by atoms with van der Waals surface area (Å²) in [6, 6.07) is 14.8. The van der Waals surface area contributed by atoms with E-state index in [0.29, 0.717) is 20.8 Å². The Kier molecular flexibility index (Phi) is 4.69. The first-order valence-electron chi connectivity index (χ1n) is 6.84. The summed E-state index contributed by atoms with van der Waals surface area (Å²) >= 11 is 7.40. The number of amidine groups is 1. The molecule has 23 heavy (non-hydrogen) atoms. The van der Waals surface area contributed by atoms with Crippen LogP contribution in [0.15, 0.2) is 58.4 Å². The van der Waals surface area contributed by atoms with Crippen molar-refractivity contribution in [1.29, 1.82) is 0 Å². The lowest BCUT2D eigenvalue weighted by molar-refractivity contribution is -0.115. The van der Waals surface area contributed by atoms with E-state index in [9.17, 15) is 4.79 Å². The smallest absolute Gasteiger partial charge is 0.264 e. The van der Waals surface area contributed by atoms with Crippen molar-refractivity contribution in [1.82, 2.24) is 5.32 Å². The van der Waals surface area contributed by atoms with Gasteiger partial charge in [0, 0.05) is 0 Å². The molecule has 2 aromatic carbocycles. The Labute approximate surface area is 143 Å². The first-order chi connectivity index (χ1) is 11.2. The second kappa shape index (κ2) is 6.89. The fraction of sp³-hybridized carbons (Fsp3) is 0.0588. The van der Waals surface area contributed by atoms with Gasteiger partial charge in [-0.1, -0.05) is 35.9 Å². The summed E-state index contributed by atoms with van der Waals surface area (Å²) in [5.41, 5.74) is 1.62. The highest BCUT2D eigenvalue weighted by molar-refractivity contribution is 8.18. The van der Waals surface area contributed by atoms with Gasteiger partial charge < -0.3 is 10.1 Å². The predicted molar refractivity (Wildman–Crippen MR) is 95.3 cm³/mol. The Balaban J connectivity index is 1.83. The van der Waals surface area contributed by atoms with Crippen molar-refractivity contribution in [3.05, 3.63) is 64.0 Å². The van der Waals surface area contributed by atoms with Gasteiger partial charge in [-0.3, -0.25) is 4.79 Å². The molecule has 1 fully saturated rings. The number of para-hydroxylation sites is 1. The molecule has 6 heteroatoms. The van der Waals surface area contributed by atoms with Crippen molar-refractivity contribution in [2.45, 2.75) is 0 Å². The number of amides is 1. The molecule has 1 aliphatic heterocycles. The molecule has 0 unspecified atom stereocenters. The summed E-state index contributed by atoms with van der Waals surface area (Å²) in [7, 11) is 1.56. The van der Waals surface area contributed by atoms with E-state index in [4.69, 9.17) is 16.3 Å². The van der Waals surface area contributed by atoms with Crippen LogP contribution < -0.4 is 10.1 Å². The molecule has 0 aromatic heterocycles. The van der Waals surface area contributed by atoms with Gasteiger partial charge in [0.25, 0.3) is 5.91 Å². The number of nitrogens with one attached hydrogen (secondary N) is 1. The third kappa shape index (κ3) is 3.75. The minimum Gasteiger partial charge on any atom is -0.495 e. The molecule has 0 bridgehead atoms. The maximum absolute atomic E-state index is 12.0. The van der Waals surface area contributed by atoms with Gasteiger partial charge in [0.15, 0.2) is 5.17 Å². The van der Waals surface area contributed by atoms with Gasteiger partial charge in [0.2, 0.25) is 0 Å². The van der Waals surface area contributed by atoms with Crippen LogP contribution in [-0.2, 0) is 4.79 Å². The van der Waals surface area contributed by atoms with Gasteiger partial charge in [0.1, 0.15) is 5.75 Å². The molecule has 0 spiro atoms. The quantitative estimate of drug-likeness (QED) is 0.847. The summed E-state index contributed by atoms with van der Waals surface area (Å²) < 4.78 is 5.12. The van der Waals surface area contributed by atoms with Crippen molar-refractivity contribution in [3.63, 3.8) is 0 Å². The Morgan fingerprint density at radius 2 is 2.00 bits per heavy atom. The van der Waals surface area contributed by atoms with E-state index in [1.54, 1.807) is 25.3 Å². The molecule has 2 aromatic rings. The summed E-state index contributed by atoms with van der Waals surface area (Å²) in [6.45, 7) is 0. The zero-order valence-electron chi connectivity index (χ0n) is 12.2. The number of halogens is 1. The van der Waals surface area contributed by atoms with Crippen molar-refractivity contribution in [2.75, 3.05) is 7.11 Å². The third-order valence-electron chi connectivity index (χ3n) is 3.11. The highest BCUT2D eigenvalue weighted by Crippen LogP contribution is 2.30. The number of methoxy groups -OCH3 is 1. The highest BCUT2D eigenvalue weighted by atomic mass is 35.5. The minimum atomic E-state index is -0.170. The number of nitrogens with zero attached hydrogens (tertiary/aromatic N) is 1. The van der Waals surface area contributed by atoms with Crippen LogP contribution in [-0.4, -0.2) is 18.2 Å². The molecule has 1 N–H and O–H groups in total. The van der Waals surface area contributed by atoms with Gasteiger partial charge >= 0.3 is 0 Å². The Bertz CT molecular complexity index is 803. The number of rotatable bonds is 3. The maximum atomic E-state index is 12.0. The van der Waals surface area contributed by atoms with Crippen LogP contribution in [0.4, 0.5) is 5.69 Å². The van der Waals surface area contributed by atoms with Gasteiger partial charge in [-0.15, -0.1) is 0 Å². The first kappa shape index (κ1) is 15.6. The number of thioether (sulfide) groups is 1. The van der Waals surface area contributed by atoms with E-state index in [2.05, 4.69) is 10.3 Å². The molecule has 0 atom stereocenters. The monoisotopic (exact) mass is 344 g/mol. The fourth-order valence-electron chi connectivity index (χ4n) is 2.02. The van der Waals surface area contributed by atoms with Gasteiger partial charge in [0.05, 0.1) is 22.7 Å². The summed E-state index contributed by atoms with van der Waals surface area (Å²) in [6.07, 6.45) is 1.78. The number of benzene rings is 2. The third-order valence-corrected chi connectivity index (χ3v) is 4.32. The van der Waals surface area contributed by atoms with E-state index in [0.717, 1.165) is 11.3 Å². The molecular formula is C17H13ClN2O2S. The Morgan fingerprint density at radius 3 is 2.70 bits per heavy atom. The summed E-state index contributed by atoms with van der Waals surface area (Å²) in [5.74, 6) is 0.431. The predicted octanol–water partition coefficient (Wildman–Crippen LogP) is 4.24. The van der Waals surface area contributed by atoms with Crippen LogP contribution in [0.1, 0.15) is 5.56 Å². The van der Waals surface area contributed by atoms with E-state index < -0.39 is 0 Å². The standard InChI is InChI=1S/C17H13ClN2O2S/c1-22-14-8-7-11(9-13(14)18)10-15-16(21)20-17(23-15)19-12-5-3-2-4-6-12/h2-10H,1H3,(H,19,20,21). The van der Waals surface area contributed by atoms with Crippen LogP contribution >= 0.6 is 23.4 Å². The molecule has 3 rings (SSSR count).